The molecule has 1 aromatic heterocycles. The molecule has 148 valence electrons. The van der Waals surface area contributed by atoms with Crippen LogP contribution in [0.4, 0.5) is 11.5 Å². The highest BCUT2D eigenvalue weighted by molar-refractivity contribution is 7.92. The number of pyridine rings is 1. The number of carbonyl (C=O) groups is 1. The zero-order valence-electron chi connectivity index (χ0n) is 15.2. The zero-order valence-corrected chi connectivity index (χ0v) is 16.0. The van der Waals surface area contributed by atoms with Gasteiger partial charge in [0.15, 0.2) is 11.5 Å². The first kappa shape index (κ1) is 18.8. The van der Waals surface area contributed by atoms with Crippen molar-refractivity contribution in [1.29, 1.82) is 0 Å². The summed E-state index contributed by atoms with van der Waals surface area (Å²) in [4.78, 5) is 16.5. The Kier molecular flexibility index (Phi) is 5.05. The number of carbonyl (C=O) groups excluding carboxylic acids is 1. The number of nitrogens with zero attached hydrogens (tertiary/aromatic N) is 1. The van der Waals surface area contributed by atoms with Crippen LogP contribution in [0, 0.1) is 0 Å². The summed E-state index contributed by atoms with van der Waals surface area (Å²) in [5, 5.41) is 2.66. The lowest BCUT2D eigenvalue weighted by Gasteiger charge is -2.19. The van der Waals surface area contributed by atoms with Crippen LogP contribution in [-0.4, -0.2) is 32.5 Å². The molecule has 1 aliphatic heterocycles. The maximum absolute atomic E-state index is 12.7. The molecule has 0 aliphatic carbocycles. The molecular weight excluding hydrogens is 394 g/mol. The van der Waals surface area contributed by atoms with Crippen LogP contribution < -0.4 is 19.5 Å². The fraction of sp³-hybridized carbons (Fsp3) is 0.100. The minimum Gasteiger partial charge on any atom is -0.486 e. The Balaban J connectivity index is 1.53. The Morgan fingerprint density at radius 2 is 1.76 bits per heavy atom. The number of rotatable bonds is 5. The van der Waals surface area contributed by atoms with Crippen LogP contribution in [0.1, 0.15) is 10.4 Å². The Morgan fingerprint density at radius 3 is 2.55 bits per heavy atom. The number of anilines is 2. The van der Waals surface area contributed by atoms with Gasteiger partial charge in [-0.2, -0.15) is 0 Å². The van der Waals surface area contributed by atoms with Gasteiger partial charge in [0, 0.05) is 23.5 Å². The summed E-state index contributed by atoms with van der Waals surface area (Å²) in [7, 11) is -3.88. The van der Waals surface area contributed by atoms with Gasteiger partial charge in [-0.25, -0.2) is 13.4 Å². The quantitative estimate of drug-likeness (QED) is 0.669. The van der Waals surface area contributed by atoms with Gasteiger partial charge < -0.3 is 14.8 Å². The molecule has 2 heterocycles. The zero-order chi connectivity index (χ0) is 20.3. The number of hydrogen-bond donors (Lipinski definition) is 2. The molecule has 0 fully saturated rings. The molecule has 2 aromatic carbocycles. The van der Waals surface area contributed by atoms with Crippen molar-refractivity contribution in [2.75, 3.05) is 23.3 Å². The van der Waals surface area contributed by atoms with E-state index in [1.807, 2.05) is 0 Å². The van der Waals surface area contributed by atoms with Crippen molar-refractivity contribution in [2.45, 2.75) is 4.90 Å². The Labute approximate surface area is 167 Å². The van der Waals surface area contributed by atoms with Crippen molar-refractivity contribution in [3.63, 3.8) is 0 Å². The minimum atomic E-state index is -3.88. The van der Waals surface area contributed by atoms with E-state index in [9.17, 15) is 13.2 Å². The van der Waals surface area contributed by atoms with Crippen LogP contribution in [-0.2, 0) is 10.0 Å². The smallest absolute Gasteiger partial charge is 0.262 e. The molecule has 4 rings (SSSR count). The third-order valence-electron chi connectivity index (χ3n) is 4.11. The van der Waals surface area contributed by atoms with Crippen molar-refractivity contribution in [2.24, 2.45) is 0 Å². The monoisotopic (exact) mass is 411 g/mol. The Morgan fingerprint density at radius 1 is 0.931 bits per heavy atom. The molecular formula is C20H17N3O5S. The number of ether oxygens (including phenoxy) is 2. The van der Waals surface area contributed by atoms with E-state index in [2.05, 4.69) is 15.0 Å². The van der Waals surface area contributed by atoms with Crippen LogP contribution in [0.5, 0.6) is 11.5 Å². The second-order valence-corrected chi connectivity index (χ2v) is 7.84. The van der Waals surface area contributed by atoms with E-state index in [4.69, 9.17) is 9.47 Å². The van der Waals surface area contributed by atoms with E-state index in [0.717, 1.165) is 0 Å². The highest BCUT2D eigenvalue weighted by atomic mass is 32.2. The third kappa shape index (κ3) is 4.30. The first-order valence-corrected chi connectivity index (χ1v) is 10.2. The average Bonchev–Trinajstić information content (AvgIpc) is 2.74. The standard InChI is InChI=1S/C20H17N3O5S/c24-20(22-19-6-1-2-9-21-19)14-4-3-5-15(12-14)23-29(25,26)16-7-8-17-18(13-16)28-11-10-27-17/h1-9,12-13,23H,10-11H2,(H,21,22,24). The molecule has 3 aromatic rings. The number of amides is 1. The lowest BCUT2D eigenvalue weighted by Crippen LogP contribution is -2.18. The summed E-state index contributed by atoms with van der Waals surface area (Å²) in [5.41, 5.74) is 0.548. The SMILES string of the molecule is O=C(Nc1ccccn1)c1cccc(NS(=O)(=O)c2ccc3c(c2)OCCO3)c1. The summed E-state index contributed by atoms with van der Waals surface area (Å²) in [6, 6.07) is 15.7. The molecule has 1 amide bonds. The van der Waals surface area contributed by atoms with Gasteiger partial charge in [-0.1, -0.05) is 12.1 Å². The summed E-state index contributed by atoms with van der Waals surface area (Å²) in [6.07, 6.45) is 1.56. The van der Waals surface area contributed by atoms with Gasteiger partial charge in [0.2, 0.25) is 0 Å². The summed E-state index contributed by atoms with van der Waals surface area (Å²) < 4.78 is 38.8. The molecule has 0 spiro atoms. The van der Waals surface area contributed by atoms with Gasteiger partial charge in [0.25, 0.3) is 15.9 Å². The molecule has 0 atom stereocenters. The maximum Gasteiger partial charge on any atom is 0.262 e. The van der Waals surface area contributed by atoms with Gasteiger partial charge in [-0.05, 0) is 42.5 Å². The fourth-order valence-corrected chi connectivity index (χ4v) is 3.82. The van der Waals surface area contributed by atoms with Crippen LogP contribution in [0.15, 0.2) is 71.8 Å². The normalized spacial score (nSPS) is 12.8. The van der Waals surface area contributed by atoms with Crippen LogP contribution in [0.3, 0.4) is 0 Å². The van der Waals surface area contributed by atoms with Crippen molar-refractivity contribution in [3.8, 4) is 11.5 Å². The number of aromatic nitrogens is 1. The van der Waals surface area contributed by atoms with Gasteiger partial charge in [-0.3, -0.25) is 9.52 Å². The molecule has 9 heteroatoms. The molecule has 0 saturated heterocycles. The second kappa shape index (κ2) is 7.80. The van der Waals surface area contributed by atoms with Crippen molar-refractivity contribution in [3.05, 3.63) is 72.4 Å². The molecule has 2 N–H and O–H groups in total. The first-order chi connectivity index (χ1) is 14.0. The summed E-state index contributed by atoms with van der Waals surface area (Å²) in [6.45, 7) is 0.780. The topological polar surface area (TPSA) is 107 Å². The summed E-state index contributed by atoms with van der Waals surface area (Å²) in [5.74, 6) is 0.884. The highest BCUT2D eigenvalue weighted by Crippen LogP contribution is 2.32. The van der Waals surface area contributed by atoms with E-state index in [1.54, 1.807) is 48.7 Å². The molecule has 0 unspecified atom stereocenters. The van der Waals surface area contributed by atoms with Crippen LogP contribution in [0.25, 0.3) is 0 Å². The molecule has 29 heavy (non-hydrogen) atoms. The number of benzene rings is 2. The lowest BCUT2D eigenvalue weighted by atomic mass is 10.2. The fourth-order valence-electron chi connectivity index (χ4n) is 2.75. The first-order valence-electron chi connectivity index (χ1n) is 8.76. The maximum atomic E-state index is 12.7. The van der Waals surface area contributed by atoms with Gasteiger partial charge in [0.1, 0.15) is 19.0 Å². The van der Waals surface area contributed by atoms with Crippen molar-refractivity contribution >= 4 is 27.4 Å². The van der Waals surface area contributed by atoms with Crippen LogP contribution >= 0.6 is 0 Å². The molecule has 0 saturated carbocycles. The molecule has 1 aliphatic rings. The minimum absolute atomic E-state index is 0.0325. The predicted octanol–water partition coefficient (Wildman–Crippen LogP) is 2.91. The van der Waals surface area contributed by atoms with Crippen molar-refractivity contribution in [1.82, 2.24) is 4.98 Å². The van der Waals surface area contributed by atoms with Gasteiger partial charge in [-0.15, -0.1) is 0 Å². The Hall–Kier alpha value is -3.59. The van der Waals surface area contributed by atoms with Gasteiger partial charge in [0.05, 0.1) is 4.90 Å². The highest BCUT2D eigenvalue weighted by Gasteiger charge is 2.20. The number of sulfonamides is 1. The van der Waals surface area contributed by atoms with E-state index in [1.165, 1.54) is 18.2 Å². The number of fused-ring (bicyclic) bond motifs is 1. The molecule has 0 radical (unpaired) electrons. The van der Waals surface area contributed by atoms with Gasteiger partial charge >= 0.3 is 0 Å². The lowest BCUT2D eigenvalue weighted by molar-refractivity contribution is 0.102. The Bertz CT molecular complexity index is 1150. The van der Waals surface area contributed by atoms with E-state index >= 15 is 0 Å². The van der Waals surface area contributed by atoms with Crippen molar-refractivity contribution < 1.29 is 22.7 Å². The average molecular weight is 411 g/mol. The molecule has 0 bridgehead atoms. The third-order valence-corrected chi connectivity index (χ3v) is 5.49. The molecule has 8 nitrogen and oxygen atoms in total. The second-order valence-electron chi connectivity index (χ2n) is 6.16. The van der Waals surface area contributed by atoms with Crippen LogP contribution in [0.2, 0.25) is 0 Å². The number of hydrogen-bond acceptors (Lipinski definition) is 6. The van der Waals surface area contributed by atoms with E-state index in [0.29, 0.717) is 30.5 Å². The predicted molar refractivity (Wildman–Crippen MR) is 107 cm³/mol. The van der Waals surface area contributed by atoms with E-state index < -0.39 is 15.9 Å². The largest absolute Gasteiger partial charge is 0.486 e. The number of nitrogens with one attached hydrogen (secondary N) is 2. The van der Waals surface area contributed by atoms with E-state index in [-0.39, 0.29) is 16.1 Å². The summed E-state index contributed by atoms with van der Waals surface area (Å²) >= 11 is 0.